The summed E-state index contributed by atoms with van der Waals surface area (Å²) < 4.78 is 37.2. The maximum atomic E-state index is 6.44. The van der Waals surface area contributed by atoms with Crippen molar-refractivity contribution in [2.75, 3.05) is 42.7 Å². The van der Waals surface area contributed by atoms with Crippen molar-refractivity contribution in [3.8, 4) is 34.5 Å². The largest absolute Gasteiger partial charge is 4.00 e. The van der Waals surface area contributed by atoms with Crippen LogP contribution in [0.5, 0.6) is 34.5 Å². The van der Waals surface area contributed by atoms with Gasteiger partial charge in [-0.15, -0.1) is 0 Å². The molecule has 11 heteroatoms. The van der Waals surface area contributed by atoms with Crippen LogP contribution in [0.3, 0.4) is 0 Å². The maximum Gasteiger partial charge on any atom is 4.00 e. The van der Waals surface area contributed by atoms with Gasteiger partial charge in [0.1, 0.15) is 34.5 Å². The Morgan fingerprint density at radius 2 is 0.680 bits per heavy atom. The van der Waals surface area contributed by atoms with Crippen LogP contribution in [0.4, 0.5) is 0 Å². The number of halogens is 3. The molecule has 0 N–H and O–H groups in total. The van der Waals surface area contributed by atoms with Crippen molar-refractivity contribution in [2.24, 2.45) is 0 Å². The predicted octanol–water partition coefficient (Wildman–Crippen LogP) is -3.07. The number of aryl methyl sites for hydroxylation is 3. The SMILES string of the molecule is COc1c(C)cc([Si](c2cc(C)c(OC)c(C)c2OC)(c2cc(C)c(OC)c(C)c2OC)c2c(C)c(C)c(C)[c-]2C)c(OC)c1C.[Cl-].[Cl-].[Cl-].[Ti+4]. The van der Waals surface area contributed by atoms with Crippen LogP contribution in [0, 0.1) is 69.2 Å². The van der Waals surface area contributed by atoms with Crippen LogP contribution < -0.4 is 86.4 Å². The van der Waals surface area contributed by atoms with Gasteiger partial charge in [0.05, 0.1) is 42.7 Å². The number of rotatable bonds is 10. The third kappa shape index (κ3) is 7.03. The van der Waals surface area contributed by atoms with Gasteiger partial charge >= 0.3 is 21.7 Å². The van der Waals surface area contributed by atoms with E-state index < -0.39 is 8.07 Å². The molecule has 4 aromatic carbocycles. The Hall–Kier alpha value is -2.39. The van der Waals surface area contributed by atoms with E-state index >= 15 is 0 Å². The van der Waals surface area contributed by atoms with Crippen molar-refractivity contribution in [1.29, 1.82) is 0 Å². The quantitative estimate of drug-likeness (QED) is 0.0967. The molecule has 0 saturated carbocycles. The minimum Gasteiger partial charge on any atom is -1.00 e. The molecule has 0 saturated heterocycles. The van der Waals surface area contributed by atoms with E-state index in [9.17, 15) is 0 Å². The summed E-state index contributed by atoms with van der Waals surface area (Å²) in [4.78, 5) is 0. The van der Waals surface area contributed by atoms with E-state index in [2.05, 4.69) is 87.4 Å². The minimum absolute atomic E-state index is 0. The van der Waals surface area contributed by atoms with Gasteiger partial charge in [-0.05, 0) is 73.8 Å². The molecule has 4 rings (SSSR count). The molecule has 0 unspecified atom stereocenters. The number of benzene rings is 3. The molecular weight excluding hydrogens is 747 g/mol. The van der Waals surface area contributed by atoms with Crippen molar-refractivity contribution in [2.45, 2.75) is 69.2 Å². The minimum atomic E-state index is -3.43. The molecule has 50 heavy (non-hydrogen) atoms. The second-order valence-electron chi connectivity index (χ2n) is 12.4. The Bertz CT molecular complexity index is 1650. The molecule has 0 aliphatic rings. The van der Waals surface area contributed by atoms with Crippen LogP contribution in [-0.2, 0) is 21.7 Å². The van der Waals surface area contributed by atoms with Crippen LogP contribution in [0.15, 0.2) is 18.2 Å². The molecule has 6 nitrogen and oxygen atoms in total. The molecule has 4 aromatic rings. The summed E-state index contributed by atoms with van der Waals surface area (Å²) in [5.41, 5.74) is 11.0. The number of methoxy groups -OCH3 is 6. The Kier molecular flexibility index (Phi) is 17.5. The van der Waals surface area contributed by atoms with Crippen molar-refractivity contribution < 1.29 is 87.4 Å². The van der Waals surface area contributed by atoms with Gasteiger partial charge in [-0.2, -0.15) is 27.4 Å². The van der Waals surface area contributed by atoms with Crippen LogP contribution in [0.1, 0.15) is 55.6 Å². The summed E-state index contributed by atoms with van der Waals surface area (Å²) in [7, 11) is 6.98. The molecule has 0 aliphatic carbocycles. The van der Waals surface area contributed by atoms with Gasteiger partial charge in [0.2, 0.25) is 0 Å². The Morgan fingerprint density at radius 3 is 0.880 bits per heavy atom. The zero-order valence-corrected chi connectivity index (χ0v) is 37.1. The first-order valence-corrected chi connectivity index (χ1v) is 17.7. The van der Waals surface area contributed by atoms with E-state index in [1.54, 1.807) is 42.7 Å². The van der Waals surface area contributed by atoms with E-state index in [-0.39, 0.29) is 58.9 Å². The standard InChI is InChI=1S/C39H51O6Si.3ClH.Ti/c1-20-17-30(36(43-14)27(8)33(20)40-11)46(39-25(6)23(4)24(5)26(39)7,31-18-21(2)34(41-12)28(9)37(31)44-15)32-19-22(3)35(42-13)29(10)38(32)45-16;;;;/h17-19H,1-16H3;3*1H;/q-1;;;;+4/p-3. The zero-order valence-electron chi connectivity index (χ0n) is 32.3. The van der Waals surface area contributed by atoms with Gasteiger partial charge in [0.25, 0.3) is 0 Å². The third-order valence-electron chi connectivity index (χ3n) is 10.2. The van der Waals surface area contributed by atoms with Crippen LogP contribution in [-0.4, -0.2) is 50.7 Å². The first kappa shape index (κ1) is 47.6. The molecule has 0 radical (unpaired) electrons. The fourth-order valence-electron chi connectivity index (χ4n) is 8.03. The van der Waals surface area contributed by atoms with E-state index in [1.165, 1.54) is 27.4 Å². The first-order valence-electron chi connectivity index (χ1n) is 15.7. The predicted molar refractivity (Wildman–Crippen MR) is 192 cm³/mol. The normalized spacial score (nSPS) is 10.6. The maximum absolute atomic E-state index is 6.44. The fourth-order valence-corrected chi connectivity index (χ4v) is 14.4. The summed E-state index contributed by atoms with van der Waals surface area (Å²) in [6.45, 7) is 21.5. The van der Waals surface area contributed by atoms with Gasteiger partial charge in [-0.25, -0.2) is 0 Å². The fraction of sp³-hybridized carbons (Fsp3) is 0.410. The topological polar surface area (TPSA) is 55.4 Å². The van der Waals surface area contributed by atoms with E-state index in [1.807, 2.05) is 0 Å². The molecule has 0 aliphatic heterocycles. The summed E-state index contributed by atoms with van der Waals surface area (Å²) >= 11 is 0. The van der Waals surface area contributed by atoms with E-state index in [4.69, 9.17) is 28.4 Å². The Labute approximate surface area is 334 Å². The average Bonchev–Trinajstić information content (AvgIpc) is 3.20. The molecule has 0 atom stereocenters. The van der Waals surface area contributed by atoms with Crippen molar-refractivity contribution >= 4 is 28.8 Å². The van der Waals surface area contributed by atoms with Crippen LogP contribution in [0.25, 0.3) is 0 Å². The van der Waals surface area contributed by atoms with Crippen molar-refractivity contribution in [1.82, 2.24) is 0 Å². The molecular formula is C39H51Cl3O6SiTi. The molecule has 0 aromatic heterocycles. The van der Waals surface area contributed by atoms with Gasteiger partial charge in [-0.1, -0.05) is 45.9 Å². The third-order valence-corrected chi connectivity index (χ3v) is 15.2. The summed E-state index contributed by atoms with van der Waals surface area (Å²) in [5, 5.41) is 4.61. The summed E-state index contributed by atoms with van der Waals surface area (Å²) in [6.07, 6.45) is 0. The monoisotopic (exact) mass is 796 g/mol. The van der Waals surface area contributed by atoms with Gasteiger partial charge in [0, 0.05) is 16.7 Å². The molecule has 0 fully saturated rings. The van der Waals surface area contributed by atoms with Crippen LogP contribution >= 0.6 is 0 Å². The van der Waals surface area contributed by atoms with E-state index in [0.29, 0.717) is 0 Å². The average molecular weight is 798 g/mol. The Morgan fingerprint density at radius 1 is 0.420 bits per heavy atom. The zero-order chi connectivity index (χ0) is 34.4. The van der Waals surface area contributed by atoms with Crippen molar-refractivity contribution in [3.63, 3.8) is 0 Å². The second-order valence-corrected chi connectivity index (χ2v) is 16.0. The molecule has 0 amide bonds. The molecule has 272 valence electrons. The van der Waals surface area contributed by atoms with Crippen LogP contribution in [0.2, 0.25) is 0 Å². The smallest absolute Gasteiger partial charge is 1.00 e. The first-order chi connectivity index (χ1) is 21.7. The summed E-state index contributed by atoms with van der Waals surface area (Å²) in [5.74, 6) is 4.84. The second kappa shape index (κ2) is 18.4. The number of hydrogen-bond acceptors (Lipinski definition) is 6. The van der Waals surface area contributed by atoms with Crippen molar-refractivity contribution in [3.05, 3.63) is 73.8 Å². The molecule has 0 spiro atoms. The Balaban J connectivity index is 0.00000600. The van der Waals surface area contributed by atoms with E-state index in [0.717, 1.165) is 83.4 Å². The van der Waals surface area contributed by atoms with Gasteiger partial charge in [-0.3, -0.25) is 0 Å². The van der Waals surface area contributed by atoms with Gasteiger partial charge in [0.15, 0.2) is 8.07 Å². The molecule has 0 bridgehead atoms. The van der Waals surface area contributed by atoms with Gasteiger partial charge < -0.3 is 65.6 Å². The summed E-state index contributed by atoms with van der Waals surface area (Å²) in [6, 6.07) is 6.82. The number of ether oxygens (including phenoxy) is 6. The number of hydrogen-bond donors (Lipinski definition) is 0. The molecule has 0 heterocycles.